The van der Waals surface area contributed by atoms with Gasteiger partial charge in [-0.15, -0.1) is 11.6 Å². The van der Waals surface area contributed by atoms with E-state index in [1.54, 1.807) is 19.1 Å². The van der Waals surface area contributed by atoms with E-state index in [0.29, 0.717) is 5.56 Å². The third kappa shape index (κ3) is 2.67. The van der Waals surface area contributed by atoms with Crippen molar-refractivity contribution in [1.82, 2.24) is 10.3 Å². The summed E-state index contributed by atoms with van der Waals surface area (Å²) in [5, 5.41) is 2.54. The van der Waals surface area contributed by atoms with Crippen LogP contribution in [0.25, 0.3) is 0 Å². The van der Waals surface area contributed by atoms with Crippen molar-refractivity contribution in [1.29, 1.82) is 0 Å². The van der Waals surface area contributed by atoms with Gasteiger partial charge in [-0.25, -0.2) is 4.98 Å². The van der Waals surface area contributed by atoms with Crippen molar-refractivity contribution in [3.05, 3.63) is 29.8 Å². The normalized spacial score (nSPS) is 12.2. The topological polar surface area (TPSA) is 42.0 Å². The van der Waals surface area contributed by atoms with Crippen molar-refractivity contribution in [2.75, 3.05) is 5.88 Å². The average Bonchev–Trinajstić information content (AvgIpc) is 2.18. The van der Waals surface area contributed by atoms with Crippen molar-refractivity contribution in [2.24, 2.45) is 0 Å². The Bertz CT molecular complexity index is 332. The van der Waals surface area contributed by atoms with E-state index >= 15 is 0 Å². The smallest absolute Gasteiger partial charge is 0.235 e. The van der Waals surface area contributed by atoms with Crippen LogP contribution in [-0.4, -0.2) is 16.8 Å². The van der Waals surface area contributed by atoms with Crippen LogP contribution in [0.3, 0.4) is 0 Å². The van der Waals surface area contributed by atoms with Crippen LogP contribution >= 0.6 is 11.6 Å². The third-order valence-electron chi connectivity index (χ3n) is 1.75. The van der Waals surface area contributed by atoms with Gasteiger partial charge in [-0.05, 0) is 13.0 Å². The Morgan fingerprint density at radius 1 is 1.79 bits per heavy atom. The average molecular weight is 217 g/mol. The number of carbonyl (C=O) groups excluding carboxylic acids is 1. The van der Waals surface area contributed by atoms with E-state index in [1.165, 1.54) is 6.20 Å². The number of pyridine rings is 1. The Kier molecular flexibility index (Phi) is 3.83. The minimum absolute atomic E-state index is 0.133. The van der Waals surface area contributed by atoms with Gasteiger partial charge >= 0.3 is 0 Å². The zero-order valence-electron chi connectivity index (χ0n) is 7.63. The number of nitrogens with zero attached hydrogens (tertiary/aromatic N) is 1. The van der Waals surface area contributed by atoms with Crippen LogP contribution in [0.5, 0.6) is 0 Å². The maximum Gasteiger partial charge on any atom is 0.235 e. The first-order chi connectivity index (χ1) is 6.65. The van der Waals surface area contributed by atoms with Gasteiger partial charge in [0.2, 0.25) is 11.9 Å². The molecular formula is C9H10ClFN2O. The quantitative estimate of drug-likeness (QED) is 0.617. The van der Waals surface area contributed by atoms with E-state index in [9.17, 15) is 9.18 Å². The molecule has 0 aromatic carbocycles. The number of hydrogen-bond donors (Lipinski definition) is 1. The van der Waals surface area contributed by atoms with E-state index in [2.05, 4.69) is 10.3 Å². The second-order valence-electron chi connectivity index (χ2n) is 2.81. The monoisotopic (exact) mass is 216 g/mol. The largest absolute Gasteiger partial charge is 0.348 e. The summed E-state index contributed by atoms with van der Waals surface area (Å²) in [7, 11) is 0. The lowest BCUT2D eigenvalue weighted by molar-refractivity contribution is -0.119. The Hall–Kier alpha value is -1.16. The number of halogens is 2. The molecule has 76 valence electrons. The van der Waals surface area contributed by atoms with Gasteiger partial charge in [-0.1, -0.05) is 6.07 Å². The molecule has 3 nitrogen and oxygen atoms in total. The van der Waals surface area contributed by atoms with Crippen LogP contribution in [0.4, 0.5) is 4.39 Å². The van der Waals surface area contributed by atoms with Crippen molar-refractivity contribution < 1.29 is 9.18 Å². The molecule has 0 aliphatic heterocycles. The number of aromatic nitrogens is 1. The van der Waals surface area contributed by atoms with Gasteiger partial charge in [0.25, 0.3) is 0 Å². The number of alkyl halides is 1. The van der Waals surface area contributed by atoms with Crippen molar-refractivity contribution in [2.45, 2.75) is 13.0 Å². The van der Waals surface area contributed by atoms with Crippen LogP contribution in [-0.2, 0) is 4.79 Å². The summed E-state index contributed by atoms with van der Waals surface area (Å²) in [6.45, 7) is 1.67. The molecule has 0 aliphatic carbocycles. The van der Waals surface area contributed by atoms with Gasteiger partial charge in [-0.3, -0.25) is 4.79 Å². The molecule has 0 saturated carbocycles. The Labute approximate surface area is 86.3 Å². The minimum atomic E-state index is -0.574. The van der Waals surface area contributed by atoms with Gasteiger partial charge in [0.05, 0.1) is 6.04 Å². The summed E-state index contributed by atoms with van der Waals surface area (Å²) in [6, 6.07) is 2.76. The van der Waals surface area contributed by atoms with E-state index in [0.717, 1.165) is 0 Å². The number of rotatable bonds is 3. The SMILES string of the molecule is CC(NC(=O)CCl)c1cccnc1F. The molecule has 1 unspecified atom stereocenters. The molecule has 1 N–H and O–H groups in total. The van der Waals surface area contributed by atoms with Gasteiger partial charge < -0.3 is 5.32 Å². The molecule has 1 aromatic heterocycles. The molecule has 5 heteroatoms. The fourth-order valence-corrected chi connectivity index (χ4v) is 1.16. The van der Waals surface area contributed by atoms with Crippen molar-refractivity contribution >= 4 is 17.5 Å². The number of hydrogen-bond acceptors (Lipinski definition) is 2. The number of carbonyl (C=O) groups is 1. The summed E-state index contributed by atoms with van der Waals surface area (Å²) in [4.78, 5) is 14.4. The number of amides is 1. The van der Waals surface area contributed by atoms with Crippen LogP contribution < -0.4 is 5.32 Å². The van der Waals surface area contributed by atoms with Gasteiger partial charge in [0.1, 0.15) is 5.88 Å². The molecule has 1 aromatic rings. The maximum atomic E-state index is 13.1. The molecule has 0 saturated heterocycles. The maximum absolute atomic E-state index is 13.1. The molecule has 0 aliphatic rings. The van der Waals surface area contributed by atoms with Crippen LogP contribution in [0.1, 0.15) is 18.5 Å². The molecule has 0 bridgehead atoms. The van der Waals surface area contributed by atoms with Gasteiger partial charge in [0, 0.05) is 11.8 Å². The van der Waals surface area contributed by atoms with E-state index in [-0.39, 0.29) is 11.8 Å². The predicted molar refractivity (Wildman–Crippen MR) is 51.5 cm³/mol. The molecule has 1 heterocycles. The van der Waals surface area contributed by atoms with Crippen molar-refractivity contribution in [3.8, 4) is 0 Å². The van der Waals surface area contributed by atoms with Gasteiger partial charge in [-0.2, -0.15) is 4.39 Å². The first kappa shape index (κ1) is 10.9. The molecule has 1 rings (SSSR count). The summed E-state index contributed by atoms with van der Waals surface area (Å²) < 4.78 is 13.1. The van der Waals surface area contributed by atoms with Crippen LogP contribution in [0.15, 0.2) is 18.3 Å². The fraction of sp³-hybridized carbons (Fsp3) is 0.333. The third-order valence-corrected chi connectivity index (χ3v) is 2.00. The minimum Gasteiger partial charge on any atom is -0.348 e. The van der Waals surface area contributed by atoms with Crippen LogP contribution in [0.2, 0.25) is 0 Å². The second kappa shape index (κ2) is 4.91. The Morgan fingerprint density at radius 3 is 3.07 bits per heavy atom. The molecule has 1 amide bonds. The molecular weight excluding hydrogens is 207 g/mol. The van der Waals surface area contributed by atoms with E-state index < -0.39 is 12.0 Å². The highest BCUT2D eigenvalue weighted by Crippen LogP contribution is 2.13. The zero-order chi connectivity index (χ0) is 10.6. The van der Waals surface area contributed by atoms with E-state index in [1.807, 2.05) is 0 Å². The van der Waals surface area contributed by atoms with Crippen LogP contribution in [0, 0.1) is 5.95 Å². The number of nitrogens with one attached hydrogen (secondary N) is 1. The highest BCUT2D eigenvalue weighted by molar-refractivity contribution is 6.27. The lowest BCUT2D eigenvalue weighted by Crippen LogP contribution is -2.28. The lowest BCUT2D eigenvalue weighted by atomic mass is 10.1. The molecule has 14 heavy (non-hydrogen) atoms. The molecule has 0 spiro atoms. The fourth-order valence-electron chi connectivity index (χ4n) is 1.08. The first-order valence-electron chi connectivity index (χ1n) is 4.11. The first-order valence-corrected chi connectivity index (χ1v) is 4.64. The van der Waals surface area contributed by atoms with E-state index in [4.69, 9.17) is 11.6 Å². The highest BCUT2D eigenvalue weighted by Gasteiger charge is 2.12. The van der Waals surface area contributed by atoms with Crippen molar-refractivity contribution in [3.63, 3.8) is 0 Å². The highest BCUT2D eigenvalue weighted by atomic mass is 35.5. The standard InChI is InChI=1S/C9H10ClFN2O/c1-6(13-8(14)5-10)7-3-2-4-12-9(7)11/h2-4,6H,5H2,1H3,(H,13,14). The predicted octanol–water partition coefficient (Wildman–Crippen LogP) is 1.64. The summed E-state index contributed by atoms with van der Waals surface area (Å²) in [5.41, 5.74) is 0.353. The molecule has 0 radical (unpaired) electrons. The summed E-state index contributed by atoms with van der Waals surface area (Å²) in [5.74, 6) is -1.04. The Morgan fingerprint density at radius 2 is 2.50 bits per heavy atom. The molecule has 1 atom stereocenters. The summed E-state index contributed by atoms with van der Waals surface area (Å²) in [6.07, 6.45) is 1.36. The summed E-state index contributed by atoms with van der Waals surface area (Å²) >= 11 is 5.30. The molecule has 0 fully saturated rings. The van der Waals surface area contributed by atoms with Gasteiger partial charge in [0.15, 0.2) is 0 Å². The lowest BCUT2D eigenvalue weighted by Gasteiger charge is -2.13. The Balaban J connectivity index is 2.74. The zero-order valence-corrected chi connectivity index (χ0v) is 8.38. The second-order valence-corrected chi connectivity index (χ2v) is 3.07.